The molecule has 0 bridgehead atoms. The average Bonchev–Trinajstić information content (AvgIpc) is 2.50. The summed E-state index contributed by atoms with van der Waals surface area (Å²) in [5, 5.41) is 7.26. The van der Waals surface area contributed by atoms with Crippen molar-refractivity contribution in [3.8, 4) is 0 Å². The molecule has 11 heavy (non-hydrogen) atoms. The van der Waals surface area contributed by atoms with E-state index in [1.54, 1.807) is 18.1 Å². The molecule has 0 aliphatic carbocycles. The van der Waals surface area contributed by atoms with Gasteiger partial charge in [0.1, 0.15) is 17.0 Å². The highest BCUT2D eigenvalue weighted by Crippen LogP contribution is 2.30. The Bertz CT molecular complexity index is 275. The predicted molar refractivity (Wildman–Crippen MR) is 45.9 cm³/mol. The molecule has 0 saturated carbocycles. The maximum atomic E-state index is 4.12. The number of aromatic nitrogens is 2. The van der Waals surface area contributed by atoms with E-state index in [0.717, 1.165) is 23.2 Å². The number of hydrogen-bond acceptors (Lipinski definition) is 5. The van der Waals surface area contributed by atoms with Crippen molar-refractivity contribution in [3.05, 3.63) is 6.33 Å². The molecule has 0 fully saturated rings. The van der Waals surface area contributed by atoms with Crippen LogP contribution in [-0.2, 0) is 0 Å². The van der Waals surface area contributed by atoms with E-state index in [1.807, 2.05) is 6.26 Å². The number of hydrogen-bond donors (Lipinski definition) is 2. The van der Waals surface area contributed by atoms with Gasteiger partial charge in [0.2, 0.25) is 0 Å². The van der Waals surface area contributed by atoms with Gasteiger partial charge in [-0.15, -0.1) is 11.8 Å². The normalized spacial score (nSPS) is 13.5. The Labute approximate surface area is 68.8 Å². The van der Waals surface area contributed by atoms with E-state index in [-0.39, 0.29) is 0 Å². The molecule has 0 spiro atoms. The zero-order valence-electron chi connectivity index (χ0n) is 6.09. The lowest BCUT2D eigenvalue weighted by molar-refractivity contribution is 1.07. The Kier molecular flexibility index (Phi) is 1.58. The van der Waals surface area contributed by atoms with Crippen LogP contribution in [0, 0.1) is 0 Å². The first-order valence-electron chi connectivity index (χ1n) is 3.28. The van der Waals surface area contributed by atoms with Crippen LogP contribution >= 0.6 is 11.8 Å². The van der Waals surface area contributed by atoms with Gasteiger partial charge in [0, 0.05) is 0 Å². The Hall–Kier alpha value is -0.970. The summed E-state index contributed by atoms with van der Waals surface area (Å²) >= 11 is 1.62. The van der Waals surface area contributed by atoms with E-state index in [1.165, 1.54) is 0 Å². The van der Waals surface area contributed by atoms with Gasteiger partial charge < -0.3 is 10.6 Å². The van der Waals surface area contributed by atoms with Gasteiger partial charge in [-0.3, -0.25) is 0 Å². The zero-order valence-corrected chi connectivity index (χ0v) is 6.90. The lowest BCUT2D eigenvalue weighted by Crippen LogP contribution is -1.99. The molecule has 0 atom stereocenters. The quantitative estimate of drug-likeness (QED) is 0.484. The van der Waals surface area contributed by atoms with E-state index in [0.29, 0.717) is 0 Å². The van der Waals surface area contributed by atoms with E-state index in [2.05, 4.69) is 20.6 Å². The highest BCUT2D eigenvalue weighted by atomic mass is 32.2. The second-order valence-electron chi connectivity index (χ2n) is 2.14. The molecule has 0 aromatic carbocycles. The first-order valence-corrected chi connectivity index (χ1v) is 4.51. The molecule has 0 amide bonds. The minimum absolute atomic E-state index is 0.752. The van der Waals surface area contributed by atoms with Gasteiger partial charge in [-0.2, -0.15) is 0 Å². The molecular weight excluding hydrogens is 160 g/mol. The fourth-order valence-corrected chi connectivity index (χ4v) is 1.56. The molecule has 4 nitrogen and oxygen atoms in total. The predicted octanol–water partition coefficient (Wildman–Crippen LogP) is 0.993. The fourth-order valence-electron chi connectivity index (χ4n) is 1.03. The van der Waals surface area contributed by atoms with Crippen LogP contribution < -0.4 is 10.6 Å². The second kappa shape index (κ2) is 2.58. The molecule has 2 rings (SSSR count). The van der Waals surface area contributed by atoms with Gasteiger partial charge in [0.05, 0.1) is 6.67 Å². The number of nitrogens with one attached hydrogen (secondary N) is 2. The molecule has 5 heteroatoms. The Morgan fingerprint density at radius 1 is 1.45 bits per heavy atom. The van der Waals surface area contributed by atoms with E-state index >= 15 is 0 Å². The van der Waals surface area contributed by atoms with Crippen LogP contribution in [0.4, 0.5) is 11.5 Å². The maximum absolute atomic E-state index is 4.12. The number of anilines is 2. The average molecular weight is 168 g/mol. The van der Waals surface area contributed by atoms with Crippen molar-refractivity contribution in [2.75, 3.05) is 23.6 Å². The van der Waals surface area contributed by atoms with Crippen molar-refractivity contribution in [3.63, 3.8) is 0 Å². The Morgan fingerprint density at radius 2 is 2.36 bits per heavy atom. The molecule has 0 unspecified atom stereocenters. The number of nitrogens with zero attached hydrogens (tertiary/aromatic N) is 2. The van der Waals surface area contributed by atoms with Gasteiger partial charge >= 0.3 is 0 Å². The summed E-state index contributed by atoms with van der Waals surface area (Å²) in [5.41, 5.74) is 1.03. The SMILES string of the molecule is CSc1ncnc2c1NCN2. The van der Waals surface area contributed by atoms with Crippen LogP contribution in [0.2, 0.25) is 0 Å². The summed E-state index contributed by atoms with van der Waals surface area (Å²) in [4.78, 5) is 8.19. The van der Waals surface area contributed by atoms with Gasteiger partial charge in [-0.05, 0) is 6.26 Å². The van der Waals surface area contributed by atoms with Crippen LogP contribution in [0.1, 0.15) is 0 Å². The second-order valence-corrected chi connectivity index (χ2v) is 2.93. The summed E-state index contributed by atoms with van der Waals surface area (Å²) in [5.74, 6) is 0.907. The maximum Gasteiger partial charge on any atom is 0.155 e. The van der Waals surface area contributed by atoms with Crippen LogP contribution in [0.25, 0.3) is 0 Å². The lowest BCUT2D eigenvalue weighted by Gasteiger charge is -2.00. The topological polar surface area (TPSA) is 49.8 Å². The minimum Gasteiger partial charge on any atom is -0.363 e. The fraction of sp³-hybridized carbons (Fsp3) is 0.333. The third-order valence-corrected chi connectivity index (χ3v) is 2.22. The molecule has 1 aromatic rings. The van der Waals surface area contributed by atoms with Gasteiger partial charge in [0.25, 0.3) is 0 Å². The molecule has 0 radical (unpaired) electrons. The summed E-state index contributed by atoms with van der Waals surface area (Å²) in [6, 6.07) is 0. The first kappa shape index (κ1) is 6.72. The smallest absolute Gasteiger partial charge is 0.155 e. The minimum atomic E-state index is 0.752. The van der Waals surface area contributed by atoms with E-state index in [9.17, 15) is 0 Å². The molecule has 1 aliphatic heterocycles. The van der Waals surface area contributed by atoms with Crippen LogP contribution in [-0.4, -0.2) is 22.9 Å². The van der Waals surface area contributed by atoms with E-state index < -0.39 is 0 Å². The van der Waals surface area contributed by atoms with Crippen molar-refractivity contribution in [1.82, 2.24) is 9.97 Å². The lowest BCUT2D eigenvalue weighted by atomic mass is 10.5. The number of thioether (sulfide) groups is 1. The van der Waals surface area contributed by atoms with Gasteiger partial charge in [0.15, 0.2) is 5.82 Å². The van der Waals surface area contributed by atoms with Crippen LogP contribution in [0.5, 0.6) is 0 Å². The third kappa shape index (κ3) is 1.01. The first-order chi connectivity index (χ1) is 5.42. The summed E-state index contributed by atoms with van der Waals surface area (Å²) in [6.07, 6.45) is 3.58. The van der Waals surface area contributed by atoms with Gasteiger partial charge in [-0.25, -0.2) is 9.97 Å². The number of rotatable bonds is 1. The summed E-state index contributed by atoms with van der Waals surface area (Å²) in [7, 11) is 0. The standard InChI is InChI=1S/C6H8N4S/c1-11-6-4-5(8-2-7-4)9-3-10-6/h3,7H,2H2,1H3,(H,8,9,10). The largest absolute Gasteiger partial charge is 0.363 e. The third-order valence-electron chi connectivity index (χ3n) is 1.53. The van der Waals surface area contributed by atoms with Gasteiger partial charge in [-0.1, -0.05) is 0 Å². The van der Waals surface area contributed by atoms with Crippen molar-refractivity contribution < 1.29 is 0 Å². The molecule has 2 heterocycles. The van der Waals surface area contributed by atoms with Crippen LogP contribution in [0.15, 0.2) is 11.4 Å². The molecule has 0 saturated heterocycles. The molecule has 1 aromatic heterocycles. The van der Waals surface area contributed by atoms with E-state index in [4.69, 9.17) is 0 Å². The van der Waals surface area contributed by atoms with Crippen molar-refractivity contribution >= 4 is 23.3 Å². The van der Waals surface area contributed by atoms with Crippen molar-refractivity contribution in [2.45, 2.75) is 5.03 Å². The molecular formula is C6H8N4S. The van der Waals surface area contributed by atoms with Crippen molar-refractivity contribution in [1.29, 1.82) is 0 Å². The Morgan fingerprint density at radius 3 is 3.18 bits per heavy atom. The highest BCUT2D eigenvalue weighted by molar-refractivity contribution is 7.98. The molecule has 58 valence electrons. The summed E-state index contributed by atoms with van der Waals surface area (Å²) in [6.45, 7) is 0.752. The zero-order chi connectivity index (χ0) is 7.68. The number of fused-ring (bicyclic) bond motifs is 1. The van der Waals surface area contributed by atoms with Crippen LogP contribution in [0.3, 0.4) is 0 Å². The molecule has 1 aliphatic rings. The Balaban J connectivity index is 2.50. The highest BCUT2D eigenvalue weighted by Gasteiger charge is 2.14. The molecule has 2 N–H and O–H groups in total. The monoisotopic (exact) mass is 168 g/mol. The summed E-state index contributed by atoms with van der Waals surface area (Å²) < 4.78 is 0. The van der Waals surface area contributed by atoms with Crippen molar-refractivity contribution in [2.24, 2.45) is 0 Å².